The van der Waals surface area contributed by atoms with Crippen LogP contribution in [0.5, 0.6) is 0 Å². The average Bonchev–Trinajstić information content (AvgIpc) is 3.33. The van der Waals surface area contributed by atoms with E-state index in [0.29, 0.717) is 0 Å². The molecule has 0 bridgehead atoms. The first-order valence-corrected chi connectivity index (χ1v) is 10.5. The molecule has 1 N–H and O–H groups in total. The lowest BCUT2D eigenvalue weighted by Gasteiger charge is -2.12. The Kier molecular flexibility index (Phi) is 4.41. The van der Waals surface area contributed by atoms with Crippen LogP contribution in [0.15, 0.2) is 65.8 Å². The zero-order valence-electron chi connectivity index (χ0n) is 15.4. The molecule has 0 amide bonds. The molecule has 0 spiro atoms. The molecule has 0 unspecified atom stereocenters. The van der Waals surface area contributed by atoms with Crippen LogP contribution in [0.2, 0.25) is 0 Å². The zero-order chi connectivity index (χ0) is 18.9. The van der Waals surface area contributed by atoms with Gasteiger partial charge in [0.1, 0.15) is 5.00 Å². The Morgan fingerprint density at radius 1 is 1.00 bits per heavy atom. The third-order valence-electron chi connectivity index (χ3n) is 5.36. The fourth-order valence-corrected chi connectivity index (χ4v) is 5.17. The van der Waals surface area contributed by atoms with Gasteiger partial charge in [0, 0.05) is 39.3 Å². The monoisotopic (exact) mass is 384 g/mol. The Morgan fingerprint density at radius 2 is 1.79 bits per heavy atom. The number of para-hydroxylation sites is 1. The van der Waals surface area contributed by atoms with Crippen molar-refractivity contribution in [2.45, 2.75) is 25.7 Å². The number of carbonyl (C=O) groups is 1. The van der Waals surface area contributed by atoms with Gasteiger partial charge in [0.05, 0.1) is 5.56 Å². The van der Waals surface area contributed by atoms with Crippen molar-refractivity contribution >= 4 is 39.2 Å². The number of aryl methyl sites for hydroxylation is 1. The number of benzene rings is 2. The highest BCUT2D eigenvalue weighted by Crippen LogP contribution is 2.41. The predicted molar refractivity (Wildman–Crippen MR) is 116 cm³/mol. The number of ketones is 1. The van der Waals surface area contributed by atoms with Gasteiger partial charge < -0.3 is 4.98 Å². The second-order valence-electron chi connectivity index (χ2n) is 7.13. The van der Waals surface area contributed by atoms with Crippen LogP contribution in [0.1, 0.15) is 44.8 Å². The van der Waals surface area contributed by atoms with E-state index in [0.717, 1.165) is 51.9 Å². The number of aromatic nitrogens is 1. The van der Waals surface area contributed by atoms with Crippen molar-refractivity contribution in [3.8, 4) is 0 Å². The molecule has 1 aliphatic rings. The van der Waals surface area contributed by atoms with Crippen LogP contribution in [-0.2, 0) is 12.8 Å². The Bertz CT molecular complexity index is 1180. The van der Waals surface area contributed by atoms with E-state index < -0.39 is 0 Å². The molecule has 4 aromatic rings. The van der Waals surface area contributed by atoms with Crippen molar-refractivity contribution in [2.24, 2.45) is 4.99 Å². The van der Waals surface area contributed by atoms with Crippen LogP contribution in [0.4, 0.5) is 5.00 Å². The first kappa shape index (κ1) is 17.1. The molecule has 2 aromatic carbocycles. The summed E-state index contributed by atoms with van der Waals surface area (Å²) < 4.78 is 0. The first-order chi connectivity index (χ1) is 13.8. The van der Waals surface area contributed by atoms with Crippen LogP contribution in [0.3, 0.4) is 0 Å². The largest absolute Gasteiger partial charge is 0.361 e. The molecule has 0 aliphatic heterocycles. The summed E-state index contributed by atoms with van der Waals surface area (Å²) in [4.78, 5) is 22.7. The van der Waals surface area contributed by atoms with Gasteiger partial charge in [0.2, 0.25) is 0 Å². The Balaban J connectivity index is 1.59. The maximum atomic E-state index is 13.3. The van der Waals surface area contributed by atoms with E-state index >= 15 is 0 Å². The number of carbonyl (C=O) groups excluding carboxylic acids is 1. The summed E-state index contributed by atoms with van der Waals surface area (Å²) in [5.74, 6) is 0.0890. The molecule has 28 heavy (non-hydrogen) atoms. The Hall–Kier alpha value is -2.98. The van der Waals surface area contributed by atoms with E-state index in [1.54, 1.807) is 11.3 Å². The molecular formula is C24H20N2OS. The Labute approximate surface area is 167 Å². The summed E-state index contributed by atoms with van der Waals surface area (Å²) in [5, 5.41) is 1.98. The average molecular weight is 385 g/mol. The van der Waals surface area contributed by atoms with Gasteiger partial charge in [0.25, 0.3) is 0 Å². The number of aromatic amines is 1. The van der Waals surface area contributed by atoms with Crippen molar-refractivity contribution in [3.63, 3.8) is 0 Å². The Morgan fingerprint density at radius 3 is 2.68 bits per heavy atom. The van der Waals surface area contributed by atoms with Gasteiger partial charge in [-0.2, -0.15) is 0 Å². The van der Waals surface area contributed by atoms with Crippen molar-refractivity contribution in [3.05, 3.63) is 87.9 Å². The number of aliphatic imine (C=N–C) groups is 1. The van der Waals surface area contributed by atoms with Crippen LogP contribution < -0.4 is 0 Å². The minimum atomic E-state index is 0.0890. The number of H-pyrrole nitrogens is 1. The summed E-state index contributed by atoms with van der Waals surface area (Å²) >= 11 is 1.68. The van der Waals surface area contributed by atoms with Crippen LogP contribution >= 0.6 is 11.3 Å². The van der Waals surface area contributed by atoms with E-state index in [-0.39, 0.29) is 5.78 Å². The summed E-state index contributed by atoms with van der Waals surface area (Å²) in [7, 11) is 0. The normalized spacial score (nSPS) is 13.9. The topological polar surface area (TPSA) is 45.2 Å². The van der Waals surface area contributed by atoms with Gasteiger partial charge >= 0.3 is 0 Å². The van der Waals surface area contributed by atoms with Crippen LogP contribution in [0.25, 0.3) is 10.9 Å². The standard InChI is InChI=1S/C24H20N2OS/c27-23(16-8-2-1-3-9-16)22-19-11-5-7-13-21(19)28-24(22)26-15-17-14-25-20-12-6-4-10-18(17)20/h1-4,6,8-10,12,14-15,25H,5,7,11,13H2. The molecule has 3 nitrogen and oxygen atoms in total. The number of hydrogen-bond donors (Lipinski definition) is 1. The van der Waals surface area contributed by atoms with Crippen molar-refractivity contribution < 1.29 is 4.79 Å². The molecular weight excluding hydrogens is 364 g/mol. The van der Waals surface area contributed by atoms with E-state index in [4.69, 9.17) is 4.99 Å². The second kappa shape index (κ2) is 7.21. The highest BCUT2D eigenvalue weighted by molar-refractivity contribution is 7.16. The van der Waals surface area contributed by atoms with Crippen LogP contribution in [0, 0.1) is 0 Å². The molecule has 0 saturated carbocycles. The minimum Gasteiger partial charge on any atom is -0.361 e. The SMILES string of the molecule is O=C(c1ccccc1)c1c(N=Cc2c[nH]c3ccccc23)sc2c1CCCC2. The molecule has 0 fully saturated rings. The summed E-state index contributed by atoms with van der Waals surface area (Å²) in [6, 6.07) is 17.7. The molecule has 1 aliphatic carbocycles. The summed E-state index contributed by atoms with van der Waals surface area (Å²) in [6.45, 7) is 0. The summed E-state index contributed by atoms with van der Waals surface area (Å²) in [5.41, 5.74) is 4.89. The molecule has 138 valence electrons. The van der Waals surface area contributed by atoms with E-state index in [9.17, 15) is 4.79 Å². The molecule has 5 rings (SSSR count). The van der Waals surface area contributed by atoms with Gasteiger partial charge in [-0.3, -0.25) is 4.79 Å². The number of fused-ring (bicyclic) bond motifs is 2. The van der Waals surface area contributed by atoms with Crippen molar-refractivity contribution in [1.29, 1.82) is 0 Å². The number of nitrogens with one attached hydrogen (secondary N) is 1. The number of nitrogens with zero attached hydrogens (tertiary/aromatic N) is 1. The number of hydrogen-bond acceptors (Lipinski definition) is 3. The second-order valence-corrected chi connectivity index (χ2v) is 8.22. The van der Waals surface area contributed by atoms with Crippen LogP contribution in [-0.4, -0.2) is 17.0 Å². The maximum Gasteiger partial charge on any atom is 0.196 e. The van der Waals surface area contributed by atoms with Gasteiger partial charge in [0.15, 0.2) is 5.78 Å². The molecule has 0 saturated heterocycles. The third-order valence-corrected chi connectivity index (χ3v) is 6.56. The van der Waals surface area contributed by atoms with Gasteiger partial charge in [-0.1, -0.05) is 48.5 Å². The van der Waals surface area contributed by atoms with Gasteiger partial charge in [-0.05, 0) is 37.3 Å². The summed E-state index contributed by atoms with van der Waals surface area (Å²) in [6.07, 6.45) is 8.22. The number of rotatable bonds is 4. The molecule has 2 aromatic heterocycles. The zero-order valence-corrected chi connectivity index (χ0v) is 16.3. The van der Waals surface area contributed by atoms with Gasteiger partial charge in [-0.15, -0.1) is 11.3 Å². The highest BCUT2D eigenvalue weighted by Gasteiger charge is 2.25. The van der Waals surface area contributed by atoms with Gasteiger partial charge in [-0.25, -0.2) is 4.99 Å². The fraction of sp³-hybridized carbons (Fsp3) is 0.167. The first-order valence-electron chi connectivity index (χ1n) is 9.66. The molecule has 4 heteroatoms. The lowest BCUT2D eigenvalue weighted by Crippen LogP contribution is -2.07. The maximum absolute atomic E-state index is 13.3. The predicted octanol–water partition coefficient (Wildman–Crippen LogP) is 6.09. The third kappa shape index (κ3) is 3.00. The van der Waals surface area contributed by atoms with E-state index in [1.807, 2.05) is 54.9 Å². The smallest absolute Gasteiger partial charge is 0.196 e. The fourth-order valence-electron chi connectivity index (χ4n) is 3.94. The van der Waals surface area contributed by atoms with Crippen molar-refractivity contribution in [1.82, 2.24) is 4.98 Å². The molecule has 2 heterocycles. The van der Waals surface area contributed by atoms with Crippen molar-refractivity contribution in [2.75, 3.05) is 0 Å². The molecule has 0 atom stereocenters. The minimum absolute atomic E-state index is 0.0890. The molecule has 0 radical (unpaired) electrons. The lowest BCUT2D eigenvalue weighted by molar-refractivity contribution is 0.103. The highest BCUT2D eigenvalue weighted by atomic mass is 32.1. The quantitative estimate of drug-likeness (QED) is 0.336. The number of thiophene rings is 1. The lowest BCUT2D eigenvalue weighted by atomic mass is 9.92. The van der Waals surface area contributed by atoms with E-state index in [2.05, 4.69) is 17.1 Å². The van der Waals surface area contributed by atoms with E-state index in [1.165, 1.54) is 16.9 Å².